The van der Waals surface area contributed by atoms with Crippen molar-refractivity contribution in [2.75, 3.05) is 0 Å². The molecule has 0 N–H and O–H groups in total. The lowest BCUT2D eigenvalue weighted by molar-refractivity contribution is 1.23. The smallest absolute Gasteiger partial charge is 0.137 e. The third-order valence-electron chi connectivity index (χ3n) is 10.4. The lowest BCUT2D eigenvalue weighted by Crippen LogP contribution is -1.96. The van der Waals surface area contributed by atoms with Gasteiger partial charge in [-0.05, 0) is 75.8 Å². The van der Waals surface area contributed by atoms with E-state index in [0.717, 1.165) is 99.5 Å². The number of hydrogen-bond donors (Lipinski definition) is 0. The molecule has 11 rings (SSSR count). The predicted octanol–water partition coefficient (Wildman–Crippen LogP) is 12.0. The molecule has 0 radical (unpaired) electrons. The van der Waals surface area contributed by atoms with Gasteiger partial charge < -0.3 is 0 Å². The van der Waals surface area contributed by atoms with Gasteiger partial charge in [-0.25, -0.2) is 15.0 Å². The van der Waals surface area contributed by atoms with Gasteiger partial charge in [0.1, 0.15) is 5.65 Å². The molecule has 0 aliphatic rings. The zero-order chi connectivity index (χ0) is 34.9. The van der Waals surface area contributed by atoms with Crippen molar-refractivity contribution < 1.29 is 0 Å². The number of rotatable bonds is 4. The fraction of sp³-hybridized carbons (Fsp3) is 0. The summed E-state index contributed by atoms with van der Waals surface area (Å²) >= 11 is 0. The number of fused-ring (bicyclic) bond motifs is 11. The molecule has 0 saturated carbocycles. The Bertz CT molecular complexity index is 3210. The Labute approximate surface area is 304 Å². The normalized spacial score (nSPS) is 11.8. The van der Waals surface area contributed by atoms with Crippen LogP contribution in [-0.2, 0) is 0 Å². The first kappa shape index (κ1) is 29.5. The summed E-state index contributed by atoms with van der Waals surface area (Å²) in [4.78, 5) is 20.3. The van der Waals surface area contributed by atoms with E-state index in [-0.39, 0.29) is 0 Å². The molecule has 0 atom stereocenters. The van der Waals surface area contributed by atoms with Crippen molar-refractivity contribution in [2.45, 2.75) is 0 Å². The molecule has 4 heterocycles. The fourth-order valence-electron chi connectivity index (χ4n) is 7.88. The highest BCUT2D eigenvalue weighted by Crippen LogP contribution is 2.40. The average molecular weight is 676 g/mol. The van der Waals surface area contributed by atoms with Crippen molar-refractivity contribution >= 4 is 60.0 Å². The van der Waals surface area contributed by atoms with Gasteiger partial charge in [-0.2, -0.15) is 0 Å². The van der Waals surface area contributed by atoms with Crippen molar-refractivity contribution in [1.29, 1.82) is 0 Å². The highest BCUT2D eigenvalue weighted by molar-refractivity contribution is 6.25. The van der Waals surface area contributed by atoms with E-state index in [0.29, 0.717) is 0 Å². The van der Waals surface area contributed by atoms with Crippen LogP contribution in [0.4, 0.5) is 0 Å². The number of imidazole rings is 1. The summed E-state index contributed by atoms with van der Waals surface area (Å²) in [5.41, 5.74) is 13.0. The topological polar surface area (TPSA) is 56.0 Å². The van der Waals surface area contributed by atoms with Crippen LogP contribution >= 0.6 is 0 Å². The van der Waals surface area contributed by atoms with E-state index in [1.165, 1.54) is 5.39 Å². The molecule has 0 unspecified atom stereocenters. The van der Waals surface area contributed by atoms with E-state index in [2.05, 4.69) is 137 Å². The second-order valence-corrected chi connectivity index (χ2v) is 13.5. The first-order chi connectivity index (χ1) is 26.3. The van der Waals surface area contributed by atoms with Crippen LogP contribution in [0.1, 0.15) is 0 Å². The van der Waals surface area contributed by atoms with Crippen LogP contribution in [0.3, 0.4) is 0 Å². The Balaban J connectivity index is 1.12. The molecule has 0 spiro atoms. The lowest BCUT2D eigenvalue weighted by Gasteiger charge is -2.13. The highest BCUT2D eigenvalue weighted by Gasteiger charge is 2.18. The van der Waals surface area contributed by atoms with Crippen molar-refractivity contribution in [3.63, 3.8) is 0 Å². The van der Waals surface area contributed by atoms with Gasteiger partial charge in [0.05, 0.1) is 39.1 Å². The Morgan fingerprint density at radius 1 is 0.396 bits per heavy atom. The Kier molecular flexibility index (Phi) is 6.48. The maximum absolute atomic E-state index is 5.33. The fourth-order valence-corrected chi connectivity index (χ4v) is 7.88. The molecular formula is C48H29N5. The molecule has 53 heavy (non-hydrogen) atoms. The summed E-state index contributed by atoms with van der Waals surface area (Å²) in [6.07, 6.45) is 3.95. The van der Waals surface area contributed by atoms with Crippen LogP contribution in [0.15, 0.2) is 176 Å². The minimum atomic E-state index is 0.877. The predicted molar refractivity (Wildman–Crippen MR) is 218 cm³/mol. The lowest BCUT2D eigenvalue weighted by atomic mass is 9.93. The molecule has 4 aromatic heterocycles. The van der Waals surface area contributed by atoms with Gasteiger partial charge in [-0.15, -0.1) is 0 Å². The number of nitrogens with zero attached hydrogens (tertiary/aromatic N) is 5. The van der Waals surface area contributed by atoms with E-state index in [9.17, 15) is 0 Å². The minimum absolute atomic E-state index is 0.877. The van der Waals surface area contributed by atoms with Gasteiger partial charge in [0.25, 0.3) is 0 Å². The van der Waals surface area contributed by atoms with Crippen LogP contribution in [-0.4, -0.2) is 24.3 Å². The molecule has 0 bridgehead atoms. The summed E-state index contributed by atoms with van der Waals surface area (Å²) in [7, 11) is 0. The van der Waals surface area contributed by atoms with E-state index in [1.54, 1.807) is 0 Å². The average Bonchev–Trinajstić information content (AvgIpc) is 3.64. The van der Waals surface area contributed by atoms with E-state index in [1.807, 2.05) is 48.7 Å². The van der Waals surface area contributed by atoms with Crippen molar-refractivity contribution in [3.05, 3.63) is 176 Å². The third-order valence-corrected chi connectivity index (χ3v) is 10.4. The highest BCUT2D eigenvalue weighted by atomic mass is 15.0. The largest absolute Gasteiger partial charge is 0.299 e. The van der Waals surface area contributed by atoms with Crippen LogP contribution in [0.2, 0.25) is 0 Å². The van der Waals surface area contributed by atoms with Crippen molar-refractivity contribution in [3.8, 4) is 44.9 Å². The molecule has 0 amide bonds. The SMILES string of the molecule is c1ccc(-c2nc3ccc4cc(-c5ccc6c(c5)c5cc(-c7ccccn7)ccc5c5nc7ccccn7c65)ccc4c3nc2-c2ccccc2)cc1. The molecule has 5 nitrogen and oxygen atoms in total. The first-order valence-electron chi connectivity index (χ1n) is 17.8. The van der Waals surface area contributed by atoms with Crippen LogP contribution in [0.25, 0.3) is 105 Å². The first-order valence-corrected chi connectivity index (χ1v) is 17.8. The second-order valence-electron chi connectivity index (χ2n) is 13.5. The van der Waals surface area contributed by atoms with Crippen LogP contribution in [0, 0.1) is 0 Å². The summed E-state index contributed by atoms with van der Waals surface area (Å²) < 4.78 is 2.21. The summed E-state index contributed by atoms with van der Waals surface area (Å²) in [5.74, 6) is 0. The van der Waals surface area contributed by atoms with Gasteiger partial charge in [-0.1, -0.05) is 115 Å². The van der Waals surface area contributed by atoms with E-state index >= 15 is 0 Å². The zero-order valence-electron chi connectivity index (χ0n) is 28.5. The second kappa shape index (κ2) is 11.7. The molecule has 0 fully saturated rings. The number of aromatic nitrogens is 5. The molecule has 7 aromatic carbocycles. The zero-order valence-corrected chi connectivity index (χ0v) is 28.5. The minimum Gasteiger partial charge on any atom is -0.299 e. The Morgan fingerprint density at radius 3 is 1.85 bits per heavy atom. The third kappa shape index (κ3) is 4.71. The van der Waals surface area contributed by atoms with Gasteiger partial charge in [-0.3, -0.25) is 9.38 Å². The molecular weight excluding hydrogens is 647 g/mol. The van der Waals surface area contributed by atoms with Crippen molar-refractivity contribution in [1.82, 2.24) is 24.3 Å². The van der Waals surface area contributed by atoms with Gasteiger partial charge in [0.2, 0.25) is 0 Å². The molecule has 0 aliphatic heterocycles. The van der Waals surface area contributed by atoms with E-state index < -0.39 is 0 Å². The van der Waals surface area contributed by atoms with Gasteiger partial charge in [0, 0.05) is 45.2 Å². The summed E-state index contributed by atoms with van der Waals surface area (Å²) in [6.45, 7) is 0. The molecule has 246 valence electrons. The summed E-state index contributed by atoms with van der Waals surface area (Å²) in [6, 6.07) is 57.3. The Hall–Kier alpha value is -7.24. The quantitative estimate of drug-likeness (QED) is 0.174. The molecule has 5 heteroatoms. The molecule has 0 aliphatic carbocycles. The summed E-state index contributed by atoms with van der Waals surface area (Å²) in [5, 5.41) is 6.83. The van der Waals surface area contributed by atoms with Crippen LogP contribution < -0.4 is 0 Å². The maximum Gasteiger partial charge on any atom is 0.137 e. The van der Waals surface area contributed by atoms with Crippen molar-refractivity contribution in [2.24, 2.45) is 0 Å². The molecule has 11 aromatic rings. The molecule has 0 saturated heterocycles. The van der Waals surface area contributed by atoms with E-state index in [4.69, 9.17) is 15.0 Å². The number of hydrogen-bond acceptors (Lipinski definition) is 4. The van der Waals surface area contributed by atoms with Gasteiger partial charge in [0.15, 0.2) is 0 Å². The Morgan fingerprint density at radius 2 is 1.06 bits per heavy atom. The number of pyridine rings is 2. The van der Waals surface area contributed by atoms with Crippen LogP contribution in [0.5, 0.6) is 0 Å². The maximum atomic E-state index is 5.33. The number of benzene rings is 7. The standard InChI is InChI=1S/C48H29N5/c1-3-11-30(12-4-1)44-45(31-13-5-2-6-14-31)52-46-36-21-17-32(27-34(36)20-24-42(46)50-44)33-18-23-38-40(28-33)39-29-35(41-15-7-9-25-49-41)19-22-37(39)47-48(38)53-26-10-8-16-43(53)51-47/h1-29H. The van der Waals surface area contributed by atoms with Gasteiger partial charge >= 0.3 is 0 Å². The monoisotopic (exact) mass is 675 g/mol.